The summed E-state index contributed by atoms with van der Waals surface area (Å²) in [6.45, 7) is 5.24. The van der Waals surface area contributed by atoms with E-state index in [1.54, 1.807) is 5.56 Å². The first kappa shape index (κ1) is 13.1. The third-order valence-corrected chi connectivity index (χ3v) is 4.76. The highest BCUT2D eigenvalue weighted by molar-refractivity contribution is 7.99. The van der Waals surface area contributed by atoms with E-state index in [1.165, 1.54) is 40.8 Å². The summed E-state index contributed by atoms with van der Waals surface area (Å²) in [7, 11) is 0. The quantitative estimate of drug-likeness (QED) is 0.864. The topological polar surface area (TPSA) is 30.9 Å². The molecule has 102 valence electrons. The number of aromatic nitrogens is 1. The molecule has 0 amide bonds. The molecule has 2 nitrogen and oxygen atoms in total. The second kappa shape index (κ2) is 5.22. The molecule has 0 saturated heterocycles. The average Bonchev–Trinajstić information content (AvgIpc) is 2.93. The summed E-state index contributed by atoms with van der Waals surface area (Å²) in [6, 6.07) is 7.15. The van der Waals surface area contributed by atoms with Crippen molar-refractivity contribution >= 4 is 22.7 Å². The van der Waals surface area contributed by atoms with Crippen molar-refractivity contribution in [1.29, 1.82) is 0 Å². The van der Waals surface area contributed by atoms with Gasteiger partial charge in [0, 0.05) is 34.1 Å². The van der Waals surface area contributed by atoms with Crippen LogP contribution in [0.4, 0.5) is 0 Å². The number of nitrogens with zero attached hydrogens (tertiary/aromatic N) is 1. The maximum absolute atomic E-state index is 6.04. The van der Waals surface area contributed by atoms with Crippen LogP contribution in [0.5, 0.6) is 0 Å². The number of rotatable bonds is 4. The maximum Gasteiger partial charge on any atom is 0.0497 e. The molecule has 0 spiro atoms. The monoisotopic (exact) mass is 274 g/mol. The molecular formula is C16H22N2S. The molecule has 1 aliphatic carbocycles. The second-order valence-electron chi connectivity index (χ2n) is 5.48. The van der Waals surface area contributed by atoms with Crippen LogP contribution in [0.1, 0.15) is 31.5 Å². The van der Waals surface area contributed by atoms with Crippen LogP contribution in [0.3, 0.4) is 0 Å². The summed E-state index contributed by atoms with van der Waals surface area (Å²) in [5, 5.41) is 1.45. The fourth-order valence-corrected chi connectivity index (χ4v) is 3.90. The Bertz CT molecular complexity index is 598. The molecule has 0 fully saturated rings. The molecule has 0 unspecified atom stereocenters. The first-order chi connectivity index (χ1) is 9.20. The molecule has 1 atom stereocenters. The van der Waals surface area contributed by atoms with Crippen molar-refractivity contribution in [3.8, 4) is 0 Å². The van der Waals surface area contributed by atoms with E-state index in [0.717, 1.165) is 12.3 Å². The molecule has 1 heterocycles. The van der Waals surface area contributed by atoms with Crippen LogP contribution in [0.2, 0.25) is 0 Å². The number of benzene rings is 1. The molecule has 2 aromatic rings. The van der Waals surface area contributed by atoms with Crippen molar-refractivity contribution in [2.45, 2.75) is 50.6 Å². The van der Waals surface area contributed by atoms with Crippen LogP contribution < -0.4 is 5.73 Å². The van der Waals surface area contributed by atoms with Gasteiger partial charge < -0.3 is 10.3 Å². The Morgan fingerprint density at radius 2 is 2.21 bits per heavy atom. The lowest BCUT2D eigenvalue weighted by Gasteiger charge is -2.12. The van der Waals surface area contributed by atoms with Crippen LogP contribution in [0.25, 0.3) is 10.9 Å². The summed E-state index contributed by atoms with van der Waals surface area (Å²) in [5.41, 5.74) is 10.5. The largest absolute Gasteiger partial charge is 0.343 e. The fourth-order valence-electron chi connectivity index (χ4n) is 3.20. The lowest BCUT2D eigenvalue weighted by Crippen LogP contribution is -2.23. The van der Waals surface area contributed by atoms with Crippen LogP contribution in [-0.4, -0.2) is 16.4 Å². The van der Waals surface area contributed by atoms with Crippen molar-refractivity contribution in [1.82, 2.24) is 4.57 Å². The van der Waals surface area contributed by atoms with Gasteiger partial charge in [0.25, 0.3) is 0 Å². The van der Waals surface area contributed by atoms with E-state index >= 15 is 0 Å². The number of aryl methyl sites for hydroxylation is 1. The van der Waals surface area contributed by atoms with Crippen LogP contribution in [-0.2, 0) is 19.4 Å². The van der Waals surface area contributed by atoms with Gasteiger partial charge in [0.15, 0.2) is 0 Å². The van der Waals surface area contributed by atoms with Crippen molar-refractivity contribution in [2.75, 3.05) is 5.75 Å². The van der Waals surface area contributed by atoms with Crippen molar-refractivity contribution in [2.24, 2.45) is 5.73 Å². The minimum absolute atomic E-state index is 0.211. The summed E-state index contributed by atoms with van der Waals surface area (Å²) < 4.78 is 2.47. The van der Waals surface area contributed by atoms with Gasteiger partial charge in [-0.05, 0) is 49.6 Å². The molecule has 2 N–H and O–H groups in total. The Hall–Kier alpha value is -0.930. The molecule has 1 aliphatic rings. The second-order valence-corrected chi connectivity index (χ2v) is 6.82. The van der Waals surface area contributed by atoms with Gasteiger partial charge in [0.1, 0.15) is 0 Å². The van der Waals surface area contributed by atoms with Gasteiger partial charge in [-0.3, -0.25) is 0 Å². The lowest BCUT2D eigenvalue weighted by molar-refractivity contribution is 0.588. The van der Waals surface area contributed by atoms with Gasteiger partial charge in [-0.25, -0.2) is 0 Å². The predicted molar refractivity (Wildman–Crippen MR) is 84.0 cm³/mol. The Labute approximate surface area is 119 Å². The van der Waals surface area contributed by atoms with E-state index in [2.05, 4.69) is 36.6 Å². The van der Waals surface area contributed by atoms with Gasteiger partial charge in [-0.2, -0.15) is 0 Å². The molecule has 1 aromatic carbocycles. The zero-order valence-corrected chi connectivity index (χ0v) is 12.6. The molecule has 0 bridgehead atoms. The van der Waals surface area contributed by atoms with Gasteiger partial charge in [-0.1, -0.05) is 13.0 Å². The minimum atomic E-state index is 0.211. The summed E-state index contributed by atoms with van der Waals surface area (Å²) in [6.07, 6.45) is 3.75. The standard InChI is InChI=1S/C16H22N2S/c1-3-19-12-7-8-14-13-5-4-6-15(13)18(10-11(2)17)16(14)9-12/h7-9,11H,3-6,10,17H2,1-2H3/t11-/m0/s1. The molecule has 0 aliphatic heterocycles. The van der Waals surface area contributed by atoms with E-state index in [-0.39, 0.29) is 6.04 Å². The average molecular weight is 274 g/mol. The summed E-state index contributed by atoms with van der Waals surface area (Å²) >= 11 is 1.91. The highest BCUT2D eigenvalue weighted by Gasteiger charge is 2.21. The van der Waals surface area contributed by atoms with E-state index in [1.807, 2.05) is 11.8 Å². The minimum Gasteiger partial charge on any atom is -0.343 e. The third kappa shape index (κ3) is 2.30. The first-order valence-electron chi connectivity index (χ1n) is 7.23. The van der Waals surface area contributed by atoms with E-state index < -0.39 is 0 Å². The Morgan fingerprint density at radius 1 is 1.37 bits per heavy atom. The fraction of sp³-hybridized carbons (Fsp3) is 0.500. The summed E-state index contributed by atoms with van der Waals surface area (Å²) in [4.78, 5) is 1.37. The van der Waals surface area contributed by atoms with Crippen molar-refractivity contribution in [3.05, 3.63) is 29.5 Å². The van der Waals surface area contributed by atoms with Crippen molar-refractivity contribution < 1.29 is 0 Å². The number of thioether (sulfide) groups is 1. The van der Waals surface area contributed by atoms with E-state index in [9.17, 15) is 0 Å². The van der Waals surface area contributed by atoms with E-state index in [0.29, 0.717) is 0 Å². The Morgan fingerprint density at radius 3 is 2.95 bits per heavy atom. The smallest absolute Gasteiger partial charge is 0.0497 e. The number of hydrogen-bond acceptors (Lipinski definition) is 2. The molecule has 0 radical (unpaired) electrons. The summed E-state index contributed by atoms with van der Waals surface area (Å²) in [5.74, 6) is 1.12. The SMILES string of the molecule is CCSc1ccc2c3c(n(C[C@H](C)N)c2c1)CCC3. The number of fused-ring (bicyclic) bond motifs is 3. The molecular weight excluding hydrogens is 252 g/mol. The molecule has 3 heteroatoms. The number of nitrogens with two attached hydrogens (primary N) is 1. The lowest BCUT2D eigenvalue weighted by atomic mass is 10.1. The maximum atomic E-state index is 6.04. The normalized spacial score (nSPS) is 15.9. The Balaban J connectivity index is 2.16. The van der Waals surface area contributed by atoms with Crippen LogP contribution >= 0.6 is 11.8 Å². The van der Waals surface area contributed by atoms with Gasteiger partial charge >= 0.3 is 0 Å². The third-order valence-electron chi connectivity index (χ3n) is 3.88. The van der Waals surface area contributed by atoms with Gasteiger partial charge in [0.2, 0.25) is 0 Å². The predicted octanol–water partition coefficient (Wildman–Crippen LogP) is 3.59. The van der Waals surface area contributed by atoms with Crippen LogP contribution in [0.15, 0.2) is 23.1 Å². The zero-order valence-electron chi connectivity index (χ0n) is 11.8. The molecule has 3 rings (SSSR count). The zero-order chi connectivity index (χ0) is 13.4. The molecule has 1 aromatic heterocycles. The van der Waals surface area contributed by atoms with Gasteiger partial charge in [0.05, 0.1) is 0 Å². The molecule has 0 saturated carbocycles. The van der Waals surface area contributed by atoms with Crippen LogP contribution in [0, 0.1) is 0 Å². The Kier molecular flexibility index (Phi) is 3.59. The highest BCUT2D eigenvalue weighted by Crippen LogP contribution is 2.35. The van der Waals surface area contributed by atoms with Crippen molar-refractivity contribution in [3.63, 3.8) is 0 Å². The number of hydrogen-bond donors (Lipinski definition) is 1. The first-order valence-corrected chi connectivity index (χ1v) is 8.21. The van der Waals surface area contributed by atoms with Gasteiger partial charge in [-0.15, -0.1) is 11.8 Å². The highest BCUT2D eigenvalue weighted by atomic mass is 32.2. The van der Waals surface area contributed by atoms with E-state index in [4.69, 9.17) is 5.73 Å². The molecule has 19 heavy (non-hydrogen) atoms.